The van der Waals surface area contributed by atoms with E-state index in [0.717, 1.165) is 0 Å². The summed E-state index contributed by atoms with van der Waals surface area (Å²) in [4.78, 5) is 19.9. The molecule has 0 saturated carbocycles. The van der Waals surface area contributed by atoms with Gasteiger partial charge in [0.05, 0.1) is 6.61 Å². The first-order valence-corrected chi connectivity index (χ1v) is 6.81. The summed E-state index contributed by atoms with van der Waals surface area (Å²) >= 11 is 0. The molecule has 0 bridgehead atoms. The fourth-order valence-electron chi connectivity index (χ4n) is 1.57. The van der Waals surface area contributed by atoms with Crippen LogP contribution >= 0.6 is 0 Å². The minimum atomic E-state index is -0.177. The predicted molar refractivity (Wildman–Crippen MR) is 78.3 cm³/mol. The van der Waals surface area contributed by atoms with Gasteiger partial charge in [-0.1, -0.05) is 13.8 Å². The number of nitrogens with two attached hydrogens (primary N) is 1. The van der Waals surface area contributed by atoms with Crippen LogP contribution < -0.4 is 16.6 Å². The second kappa shape index (κ2) is 8.31. The van der Waals surface area contributed by atoms with E-state index in [4.69, 9.17) is 10.6 Å². The highest BCUT2D eigenvalue weighted by Gasteiger charge is 2.07. The molecule has 0 spiro atoms. The molecule has 0 aliphatic rings. The van der Waals surface area contributed by atoms with E-state index in [2.05, 4.69) is 20.7 Å². The van der Waals surface area contributed by atoms with Crippen molar-refractivity contribution in [2.75, 3.05) is 23.9 Å². The average Bonchev–Trinajstić information content (AvgIpc) is 2.43. The van der Waals surface area contributed by atoms with Crippen molar-refractivity contribution < 1.29 is 9.53 Å². The average molecular weight is 281 g/mol. The van der Waals surface area contributed by atoms with E-state index in [-0.39, 0.29) is 11.9 Å². The molecule has 1 aromatic rings. The van der Waals surface area contributed by atoms with Gasteiger partial charge in [-0.15, -0.1) is 0 Å². The number of rotatable bonds is 8. The lowest BCUT2D eigenvalue weighted by Crippen LogP contribution is -2.14. The lowest BCUT2D eigenvalue weighted by molar-refractivity contribution is -0.143. The Balaban J connectivity index is 2.50. The van der Waals surface area contributed by atoms with E-state index in [1.165, 1.54) is 0 Å². The Bertz CT molecular complexity index is 437. The molecule has 0 fully saturated rings. The number of hydrazine groups is 1. The van der Waals surface area contributed by atoms with Crippen molar-refractivity contribution in [3.8, 4) is 0 Å². The summed E-state index contributed by atoms with van der Waals surface area (Å²) < 4.78 is 4.86. The van der Waals surface area contributed by atoms with Crippen LogP contribution in [0, 0.1) is 0 Å². The van der Waals surface area contributed by atoms with Crippen LogP contribution in [0.15, 0.2) is 6.07 Å². The Morgan fingerprint density at radius 1 is 1.40 bits per heavy atom. The quantitative estimate of drug-likeness (QED) is 0.288. The molecular weight excluding hydrogens is 258 g/mol. The zero-order chi connectivity index (χ0) is 15.0. The lowest BCUT2D eigenvalue weighted by atomic mass is 10.2. The van der Waals surface area contributed by atoms with Crippen LogP contribution in [0.4, 0.5) is 11.6 Å². The van der Waals surface area contributed by atoms with E-state index in [9.17, 15) is 4.79 Å². The van der Waals surface area contributed by atoms with Crippen molar-refractivity contribution in [2.45, 2.75) is 39.5 Å². The summed E-state index contributed by atoms with van der Waals surface area (Å²) in [6.07, 6.45) is 1.08. The molecule has 0 unspecified atom stereocenters. The van der Waals surface area contributed by atoms with E-state index in [0.29, 0.717) is 43.5 Å². The van der Waals surface area contributed by atoms with E-state index in [1.54, 1.807) is 13.0 Å². The molecule has 7 nitrogen and oxygen atoms in total. The van der Waals surface area contributed by atoms with Gasteiger partial charge in [-0.2, -0.15) is 0 Å². The Kier molecular flexibility index (Phi) is 6.72. The summed E-state index contributed by atoms with van der Waals surface area (Å²) in [5.41, 5.74) is 2.52. The monoisotopic (exact) mass is 281 g/mol. The molecule has 0 aromatic carbocycles. The second-order valence-corrected chi connectivity index (χ2v) is 4.63. The number of esters is 1. The van der Waals surface area contributed by atoms with Gasteiger partial charge in [0.2, 0.25) is 0 Å². The predicted octanol–water partition coefficient (Wildman–Crippen LogP) is 1.64. The maximum Gasteiger partial charge on any atom is 0.305 e. The molecule has 1 heterocycles. The summed E-state index contributed by atoms with van der Waals surface area (Å²) in [7, 11) is 0. The Labute approximate surface area is 119 Å². The number of anilines is 2. The third kappa shape index (κ3) is 5.40. The number of carbonyl (C=O) groups excluding carboxylic acids is 1. The van der Waals surface area contributed by atoms with Gasteiger partial charge < -0.3 is 15.5 Å². The third-order valence-corrected chi connectivity index (χ3v) is 2.58. The molecule has 0 saturated heterocycles. The largest absolute Gasteiger partial charge is 0.466 e. The summed E-state index contributed by atoms with van der Waals surface area (Å²) in [6, 6.07) is 1.73. The molecular formula is C13H23N5O2. The van der Waals surface area contributed by atoms with Crippen LogP contribution in [0.3, 0.4) is 0 Å². The van der Waals surface area contributed by atoms with Gasteiger partial charge in [-0.3, -0.25) is 4.79 Å². The molecule has 20 heavy (non-hydrogen) atoms. The van der Waals surface area contributed by atoms with Crippen molar-refractivity contribution in [3.63, 3.8) is 0 Å². The van der Waals surface area contributed by atoms with Crippen LogP contribution in [0.2, 0.25) is 0 Å². The first-order valence-electron chi connectivity index (χ1n) is 6.81. The highest BCUT2D eigenvalue weighted by Crippen LogP contribution is 2.16. The highest BCUT2D eigenvalue weighted by atomic mass is 16.5. The van der Waals surface area contributed by atoms with Crippen LogP contribution in [-0.2, 0) is 9.53 Å². The minimum absolute atomic E-state index is 0.177. The smallest absolute Gasteiger partial charge is 0.305 e. The second-order valence-electron chi connectivity index (χ2n) is 4.63. The zero-order valence-corrected chi connectivity index (χ0v) is 12.3. The van der Waals surface area contributed by atoms with Crippen molar-refractivity contribution >= 4 is 17.6 Å². The fourth-order valence-corrected chi connectivity index (χ4v) is 1.57. The zero-order valence-electron chi connectivity index (χ0n) is 12.3. The van der Waals surface area contributed by atoms with Crippen LogP contribution in [0.1, 0.15) is 45.4 Å². The van der Waals surface area contributed by atoms with Crippen molar-refractivity contribution in [2.24, 2.45) is 5.84 Å². The molecule has 0 atom stereocenters. The van der Waals surface area contributed by atoms with Gasteiger partial charge in [0.15, 0.2) is 0 Å². The number of ether oxygens (including phenoxy) is 1. The van der Waals surface area contributed by atoms with Crippen molar-refractivity contribution in [3.05, 3.63) is 11.9 Å². The standard InChI is InChI=1S/C13H23N5O2/c1-4-20-12(19)6-5-7-15-10-8-11(18-14)17-13(16-10)9(2)3/h8-9H,4-7,14H2,1-3H3,(H2,15,16,17,18). The molecule has 1 rings (SSSR count). The van der Waals surface area contributed by atoms with Gasteiger partial charge in [0, 0.05) is 24.9 Å². The number of hydrogen-bond acceptors (Lipinski definition) is 7. The number of nitrogens with one attached hydrogen (secondary N) is 2. The van der Waals surface area contributed by atoms with Gasteiger partial charge >= 0.3 is 5.97 Å². The van der Waals surface area contributed by atoms with E-state index < -0.39 is 0 Å². The number of nitrogen functional groups attached to an aromatic ring is 1. The number of hydrogen-bond donors (Lipinski definition) is 3. The normalized spacial score (nSPS) is 10.4. The summed E-state index contributed by atoms with van der Waals surface area (Å²) in [5, 5.41) is 3.16. The number of nitrogens with zero attached hydrogens (tertiary/aromatic N) is 2. The Morgan fingerprint density at radius 2 is 2.10 bits per heavy atom. The molecule has 1 aromatic heterocycles. The number of carbonyl (C=O) groups is 1. The van der Waals surface area contributed by atoms with Crippen LogP contribution in [0.5, 0.6) is 0 Å². The maximum atomic E-state index is 11.2. The molecule has 7 heteroatoms. The summed E-state index contributed by atoms with van der Waals surface area (Å²) in [6.45, 7) is 6.88. The third-order valence-electron chi connectivity index (χ3n) is 2.58. The Hall–Kier alpha value is -1.89. The van der Waals surface area contributed by atoms with Crippen molar-refractivity contribution in [1.82, 2.24) is 9.97 Å². The van der Waals surface area contributed by atoms with E-state index >= 15 is 0 Å². The molecule has 4 N–H and O–H groups in total. The van der Waals surface area contributed by atoms with Gasteiger partial charge in [0.25, 0.3) is 0 Å². The van der Waals surface area contributed by atoms with Gasteiger partial charge in [-0.05, 0) is 13.3 Å². The SMILES string of the molecule is CCOC(=O)CCCNc1cc(NN)nc(C(C)C)n1. The molecule has 0 radical (unpaired) electrons. The number of aromatic nitrogens is 2. The van der Waals surface area contributed by atoms with Gasteiger partial charge in [-0.25, -0.2) is 15.8 Å². The van der Waals surface area contributed by atoms with Crippen LogP contribution in [-0.4, -0.2) is 29.1 Å². The molecule has 0 aliphatic carbocycles. The first kappa shape index (κ1) is 16.2. The highest BCUT2D eigenvalue weighted by molar-refractivity contribution is 5.69. The Morgan fingerprint density at radius 3 is 2.70 bits per heavy atom. The fraction of sp³-hybridized carbons (Fsp3) is 0.615. The molecule has 0 amide bonds. The first-order chi connectivity index (χ1) is 9.56. The van der Waals surface area contributed by atoms with Gasteiger partial charge in [0.1, 0.15) is 17.5 Å². The molecule has 112 valence electrons. The molecule has 0 aliphatic heterocycles. The minimum Gasteiger partial charge on any atom is -0.466 e. The topological polar surface area (TPSA) is 102 Å². The van der Waals surface area contributed by atoms with Crippen LogP contribution in [0.25, 0.3) is 0 Å². The lowest BCUT2D eigenvalue weighted by Gasteiger charge is -2.11. The summed E-state index contributed by atoms with van der Waals surface area (Å²) in [5.74, 6) is 7.40. The van der Waals surface area contributed by atoms with E-state index in [1.807, 2.05) is 13.8 Å². The maximum absolute atomic E-state index is 11.2. The van der Waals surface area contributed by atoms with Crippen molar-refractivity contribution in [1.29, 1.82) is 0 Å².